The SMILES string of the molecule is CCCN(CC(C)(C)N)C(C)CC(=O)Nc1ccccc1.Cl. The Hall–Kier alpha value is -1.10. The van der Waals surface area contributed by atoms with Gasteiger partial charge < -0.3 is 11.1 Å². The van der Waals surface area contributed by atoms with Gasteiger partial charge in [0.2, 0.25) is 5.91 Å². The molecule has 1 unspecified atom stereocenters. The quantitative estimate of drug-likeness (QED) is 0.770. The zero-order valence-corrected chi connectivity index (χ0v) is 15.0. The molecule has 0 aliphatic carbocycles. The van der Waals surface area contributed by atoms with Gasteiger partial charge in [0.15, 0.2) is 0 Å². The Morgan fingerprint density at radius 3 is 2.41 bits per heavy atom. The molecule has 5 heteroatoms. The molecule has 0 fully saturated rings. The number of nitrogens with two attached hydrogens (primary N) is 1. The standard InChI is InChI=1S/C17H29N3O.ClH/c1-5-11-20(13-17(3,4)18)14(2)12-16(21)19-15-9-7-6-8-10-15;/h6-10,14H,5,11-13,18H2,1-4H3,(H,19,21);1H. The molecule has 0 saturated heterocycles. The summed E-state index contributed by atoms with van der Waals surface area (Å²) in [5.41, 5.74) is 6.71. The maximum absolute atomic E-state index is 12.1. The largest absolute Gasteiger partial charge is 0.326 e. The van der Waals surface area contributed by atoms with Gasteiger partial charge in [0.25, 0.3) is 0 Å². The van der Waals surface area contributed by atoms with Gasteiger partial charge in [-0.2, -0.15) is 0 Å². The number of carbonyl (C=O) groups is 1. The molecule has 0 saturated carbocycles. The van der Waals surface area contributed by atoms with E-state index < -0.39 is 0 Å². The van der Waals surface area contributed by atoms with Crippen LogP contribution in [0.15, 0.2) is 30.3 Å². The Labute approximate surface area is 140 Å². The Morgan fingerprint density at radius 2 is 1.91 bits per heavy atom. The summed E-state index contributed by atoms with van der Waals surface area (Å²) in [6, 6.07) is 9.74. The lowest BCUT2D eigenvalue weighted by Crippen LogP contribution is -2.49. The monoisotopic (exact) mass is 327 g/mol. The number of nitrogens with zero attached hydrogens (tertiary/aromatic N) is 1. The molecule has 1 rings (SSSR count). The number of benzene rings is 1. The van der Waals surface area contributed by atoms with Crippen molar-refractivity contribution in [3.8, 4) is 0 Å². The third-order valence-electron chi connectivity index (χ3n) is 3.28. The van der Waals surface area contributed by atoms with E-state index in [1.807, 2.05) is 44.2 Å². The number of hydrogen-bond acceptors (Lipinski definition) is 3. The topological polar surface area (TPSA) is 58.4 Å². The normalized spacial score (nSPS) is 12.6. The molecule has 0 aliphatic heterocycles. The summed E-state index contributed by atoms with van der Waals surface area (Å²) < 4.78 is 0. The molecule has 22 heavy (non-hydrogen) atoms. The first-order valence-corrected chi connectivity index (χ1v) is 7.69. The van der Waals surface area contributed by atoms with Crippen molar-refractivity contribution < 1.29 is 4.79 Å². The molecule has 0 radical (unpaired) electrons. The molecule has 1 amide bonds. The second-order valence-corrected chi connectivity index (χ2v) is 6.43. The van der Waals surface area contributed by atoms with Gasteiger partial charge in [-0.3, -0.25) is 9.69 Å². The lowest BCUT2D eigenvalue weighted by atomic mass is 10.0. The zero-order chi connectivity index (χ0) is 15.9. The smallest absolute Gasteiger partial charge is 0.225 e. The van der Waals surface area contributed by atoms with Crippen LogP contribution in [0.2, 0.25) is 0 Å². The minimum atomic E-state index is -0.251. The maximum Gasteiger partial charge on any atom is 0.225 e. The van der Waals surface area contributed by atoms with Crippen LogP contribution in [0.25, 0.3) is 0 Å². The first-order valence-electron chi connectivity index (χ1n) is 7.69. The first kappa shape index (κ1) is 20.9. The van der Waals surface area contributed by atoms with E-state index in [9.17, 15) is 4.79 Å². The highest BCUT2D eigenvalue weighted by atomic mass is 35.5. The number of hydrogen-bond donors (Lipinski definition) is 2. The van der Waals surface area contributed by atoms with Crippen LogP contribution in [0.1, 0.15) is 40.5 Å². The van der Waals surface area contributed by atoms with Crippen LogP contribution >= 0.6 is 12.4 Å². The van der Waals surface area contributed by atoms with E-state index in [1.54, 1.807) is 0 Å². The molecule has 1 aromatic rings. The second kappa shape index (κ2) is 9.82. The number of rotatable bonds is 8. The minimum Gasteiger partial charge on any atom is -0.326 e. The third kappa shape index (κ3) is 8.37. The second-order valence-electron chi connectivity index (χ2n) is 6.43. The summed E-state index contributed by atoms with van der Waals surface area (Å²) >= 11 is 0. The van der Waals surface area contributed by atoms with Crippen molar-refractivity contribution in [2.75, 3.05) is 18.4 Å². The Morgan fingerprint density at radius 1 is 1.32 bits per heavy atom. The molecule has 0 aromatic heterocycles. The summed E-state index contributed by atoms with van der Waals surface area (Å²) in [6.07, 6.45) is 1.53. The van der Waals surface area contributed by atoms with E-state index in [4.69, 9.17) is 5.73 Å². The lowest BCUT2D eigenvalue weighted by molar-refractivity contribution is -0.117. The van der Waals surface area contributed by atoms with Gasteiger partial charge in [-0.25, -0.2) is 0 Å². The molecule has 4 nitrogen and oxygen atoms in total. The van der Waals surface area contributed by atoms with E-state index in [0.29, 0.717) is 6.42 Å². The summed E-state index contributed by atoms with van der Waals surface area (Å²) in [7, 11) is 0. The van der Waals surface area contributed by atoms with E-state index in [2.05, 4.69) is 24.1 Å². The number of para-hydroxylation sites is 1. The van der Waals surface area contributed by atoms with Gasteiger partial charge in [-0.05, 0) is 45.9 Å². The van der Waals surface area contributed by atoms with Crippen LogP contribution in [-0.4, -0.2) is 35.5 Å². The molecular formula is C17H30ClN3O. The van der Waals surface area contributed by atoms with E-state index in [0.717, 1.165) is 25.2 Å². The average Bonchev–Trinajstić information content (AvgIpc) is 2.37. The lowest BCUT2D eigenvalue weighted by Gasteiger charge is -2.34. The molecular weight excluding hydrogens is 298 g/mol. The van der Waals surface area contributed by atoms with Crippen molar-refractivity contribution >= 4 is 24.0 Å². The molecule has 0 heterocycles. The van der Waals surface area contributed by atoms with E-state index >= 15 is 0 Å². The summed E-state index contributed by atoms with van der Waals surface area (Å²) in [5.74, 6) is 0.0460. The van der Waals surface area contributed by atoms with Crippen molar-refractivity contribution in [1.29, 1.82) is 0 Å². The van der Waals surface area contributed by atoms with Gasteiger partial charge in [-0.15, -0.1) is 12.4 Å². The molecule has 1 aromatic carbocycles. The summed E-state index contributed by atoms with van der Waals surface area (Å²) in [4.78, 5) is 14.4. The van der Waals surface area contributed by atoms with E-state index in [-0.39, 0.29) is 29.9 Å². The predicted octanol–water partition coefficient (Wildman–Crippen LogP) is 3.27. The molecule has 0 aliphatic rings. The van der Waals surface area contributed by atoms with Crippen molar-refractivity contribution in [3.05, 3.63) is 30.3 Å². The maximum atomic E-state index is 12.1. The number of anilines is 1. The number of halogens is 1. The van der Waals surface area contributed by atoms with Crippen molar-refractivity contribution in [3.63, 3.8) is 0 Å². The molecule has 0 bridgehead atoms. The zero-order valence-electron chi connectivity index (χ0n) is 14.1. The molecule has 1 atom stereocenters. The van der Waals surface area contributed by atoms with Gasteiger partial charge in [0.1, 0.15) is 0 Å². The molecule has 3 N–H and O–H groups in total. The summed E-state index contributed by atoms with van der Waals surface area (Å²) in [6.45, 7) is 10.0. The fraction of sp³-hybridized carbons (Fsp3) is 0.588. The number of nitrogens with one attached hydrogen (secondary N) is 1. The average molecular weight is 328 g/mol. The van der Waals surface area contributed by atoms with Crippen LogP contribution in [0.3, 0.4) is 0 Å². The Bertz CT molecular complexity index is 431. The number of carbonyl (C=O) groups excluding carboxylic acids is 1. The van der Waals surface area contributed by atoms with Crippen LogP contribution in [0, 0.1) is 0 Å². The van der Waals surface area contributed by atoms with Gasteiger partial charge in [0, 0.05) is 30.2 Å². The van der Waals surface area contributed by atoms with Crippen molar-refractivity contribution in [2.45, 2.75) is 52.1 Å². The van der Waals surface area contributed by atoms with Crippen LogP contribution in [0.5, 0.6) is 0 Å². The third-order valence-corrected chi connectivity index (χ3v) is 3.28. The van der Waals surface area contributed by atoms with Gasteiger partial charge in [0.05, 0.1) is 0 Å². The predicted molar refractivity (Wildman–Crippen MR) is 96.5 cm³/mol. The van der Waals surface area contributed by atoms with E-state index in [1.165, 1.54) is 0 Å². The minimum absolute atomic E-state index is 0. The number of amides is 1. The Balaban J connectivity index is 0.00000441. The van der Waals surface area contributed by atoms with Gasteiger partial charge in [-0.1, -0.05) is 25.1 Å². The fourth-order valence-corrected chi connectivity index (χ4v) is 2.40. The van der Waals surface area contributed by atoms with Crippen LogP contribution in [-0.2, 0) is 4.79 Å². The molecule has 126 valence electrons. The highest BCUT2D eigenvalue weighted by Crippen LogP contribution is 2.12. The van der Waals surface area contributed by atoms with Crippen LogP contribution < -0.4 is 11.1 Å². The summed E-state index contributed by atoms with van der Waals surface area (Å²) in [5, 5.41) is 2.94. The fourth-order valence-electron chi connectivity index (χ4n) is 2.40. The highest BCUT2D eigenvalue weighted by molar-refractivity contribution is 5.91. The molecule has 0 spiro atoms. The van der Waals surface area contributed by atoms with Crippen LogP contribution in [0.4, 0.5) is 5.69 Å². The first-order chi connectivity index (χ1) is 9.81. The van der Waals surface area contributed by atoms with Crippen molar-refractivity contribution in [1.82, 2.24) is 4.90 Å². The van der Waals surface area contributed by atoms with Crippen molar-refractivity contribution in [2.24, 2.45) is 5.73 Å². The highest BCUT2D eigenvalue weighted by Gasteiger charge is 2.22. The Kier molecular flexibility index (Phi) is 9.33. The van der Waals surface area contributed by atoms with Gasteiger partial charge >= 0.3 is 0 Å².